The summed E-state index contributed by atoms with van der Waals surface area (Å²) in [7, 11) is 1.60. The minimum atomic E-state index is -0.144. The van der Waals surface area contributed by atoms with Crippen LogP contribution in [0.2, 0.25) is 0 Å². The highest BCUT2D eigenvalue weighted by molar-refractivity contribution is 5.97. The summed E-state index contributed by atoms with van der Waals surface area (Å²) in [5.41, 5.74) is 1.24. The Bertz CT molecular complexity index is 644. The quantitative estimate of drug-likeness (QED) is 0.166. The molecule has 0 saturated carbocycles. The highest BCUT2D eigenvalue weighted by Gasteiger charge is 2.06. The highest BCUT2D eigenvalue weighted by atomic mass is 16.2. The fourth-order valence-electron chi connectivity index (χ4n) is 4.47. The number of carbonyl (C=O) groups excluding carboxylic acids is 2. The second-order valence-electron chi connectivity index (χ2n) is 9.82. The molecule has 0 atom stereocenters. The van der Waals surface area contributed by atoms with Gasteiger partial charge in [-0.15, -0.1) is 0 Å². The normalized spacial score (nSPS) is 10.9. The maximum atomic E-state index is 12.1. The molecule has 1 aromatic rings. The third-order valence-corrected chi connectivity index (χ3v) is 6.64. The number of hydrogen-bond donors (Lipinski definition) is 2. The van der Waals surface area contributed by atoms with Crippen molar-refractivity contribution in [1.82, 2.24) is 5.32 Å². The predicted molar refractivity (Wildman–Crippen MR) is 146 cm³/mol. The van der Waals surface area contributed by atoms with Crippen molar-refractivity contribution < 1.29 is 9.59 Å². The van der Waals surface area contributed by atoms with Gasteiger partial charge in [-0.2, -0.15) is 0 Å². The zero-order valence-electron chi connectivity index (χ0n) is 22.3. The lowest BCUT2D eigenvalue weighted by molar-refractivity contribution is -0.116. The van der Waals surface area contributed by atoms with Crippen LogP contribution >= 0.6 is 0 Å². The fraction of sp³-hybridized carbons (Fsp3) is 0.733. The van der Waals surface area contributed by atoms with Crippen LogP contribution in [0.4, 0.5) is 5.69 Å². The van der Waals surface area contributed by atoms with Crippen LogP contribution in [-0.2, 0) is 4.79 Å². The van der Waals surface area contributed by atoms with Crippen LogP contribution < -0.4 is 10.6 Å². The Morgan fingerprint density at radius 2 is 1.09 bits per heavy atom. The topological polar surface area (TPSA) is 58.2 Å². The molecular weight excluding hydrogens is 420 g/mol. The van der Waals surface area contributed by atoms with Crippen LogP contribution in [0.5, 0.6) is 0 Å². The van der Waals surface area contributed by atoms with Crippen molar-refractivity contribution in [2.24, 2.45) is 0 Å². The molecule has 2 N–H and O–H groups in total. The fourth-order valence-corrected chi connectivity index (χ4v) is 4.47. The predicted octanol–water partition coefficient (Wildman–Crippen LogP) is 8.81. The number of nitrogens with one attached hydrogen (secondary N) is 2. The Morgan fingerprint density at radius 3 is 1.53 bits per heavy atom. The third kappa shape index (κ3) is 16.7. The molecule has 0 saturated heterocycles. The molecule has 0 fully saturated rings. The van der Waals surface area contributed by atoms with Crippen LogP contribution in [0.1, 0.15) is 146 Å². The molecule has 0 aliphatic heterocycles. The Balaban J connectivity index is 1.85. The summed E-state index contributed by atoms with van der Waals surface area (Å²) in [5, 5.41) is 5.50. The van der Waals surface area contributed by atoms with Gasteiger partial charge in [0.15, 0.2) is 0 Å². The molecule has 0 aliphatic carbocycles. The molecule has 34 heavy (non-hydrogen) atoms. The number of benzene rings is 1. The molecule has 0 aliphatic rings. The van der Waals surface area contributed by atoms with E-state index in [1.165, 1.54) is 109 Å². The van der Waals surface area contributed by atoms with Crippen LogP contribution in [0.15, 0.2) is 24.3 Å². The molecule has 4 heteroatoms. The number of amides is 2. The third-order valence-electron chi connectivity index (χ3n) is 6.64. The summed E-state index contributed by atoms with van der Waals surface area (Å²) in [4.78, 5) is 23.8. The van der Waals surface area contributed by atoms with E-state index in [9.17, 15) is 9.59 Å². The Labute approximate surface area is 210 Å². The van der Waals surface area contributed by atoms with Gasteiger partial charge < -0.3 is 10.6 Å². The van der Waals surface area contributed by atoms with Gasteiger partial charge in [0.05, 0.1) is 0 Å². The average molecular weight is 473 g/mol. The van der Waals surface area contributed by atoms with Gasteiger partial charge in [0.2, 0.25) is 5.91 Å². The SMILES string of the molecule is CCCCCCCCCCCCCCCCCCCCCC(=O)Nc1cccc(C(=O)NC)c1. The highest BCUT2D eigenvalue weighted by Crippen LogP contribution is 2.15. The largest absolute Gasteiger partial charge is 0.355 e. The maximum Gasteiger partial charge on any atom is 0.251 e. The van der Waals surface area contributed by atoms with Crippen molar-refractivity contribution in [2.45, 2.75) is 135 Å². The Morgan fingerprint density at radius 1 is 0.647 bits per heavy atom. The summed E-state index contributed by atoms with van der Waals surface area (Å²) < 4.78 is 0. The molecule has 1 aromatic carbocycles. The minimum absolute atomic E-state index is 0.0287. The van der Waals surface area contributed by atoms with E-state index in [-0.39, 0.29) is 11.8 Å². The van der Waals surface area contributed by atoms with Gasteiger partial charge in [-0.3, -0.25) is 9.59 Å². The van der Waals surface area contributed by atoms with E-state index in [1.54, 1.807) is 25.2 Å². The second-order valence-corrected chi connectivity index (χ2v) is 9.82. The number of carbonyl (C=O) groups is 2. The van der Waals surface area contributed by atoms with Gasteiger partial charge in [0.1, 0.15) is 0 Å². The lowest BCUT2D eigenvalue weighted by Gasteiger charge is -2.07. The lowest BCUT2D eigenvalue weighted by atomic mass is 10.0. The van der Waals surface area contributed by atoms with E-state index < -0.39 is 0 Å². The van der Waals surface area contributed by atoms with Gasteiger partial charge in [0.25, 0.3) is 5.91 Å². The Hall–Kier alpha value is -1.84. The first-order chi connectivity index (χ1) is 16.7. The molecular formula is C30H52N2O2. The summed E-state index contributed by atoms with van der Waals surface area (Å²) in [5.74, 6) is -0.115. The number of hydrogen-bond acceptors (Lipinski definition) is 2. The van der Waals surface area contributed by atoms with Crippen LogP contribution in [-0.4, -0.2) is 18.9 Å². The first-order valence-corrected chi connectivity index (χ1v) is 14.3. The standard InChI is InChI=1S/C30H52N2O2/c1-3-4-5-6-7-8-9-10-11-12-13-14-15-16-17-18-19-20-21-25-29(33)32-28-24-22-23-27(26-28)30(34)31-2/h22-24,26H,3-21,25H2,1-2H3,(H,31,34)(H,32,33). The van der Waals surface area contributed by atoms with Crippen molar-refractivity contribution >= 4 is 17.5 Å². The number of rotatable bonds is 22. The lowest BCUT2D eigenvalue weighted by Crippen LogP contribution is -2.18. The first-order valence-electron chi connectivity index (χ1n) is 14.3. The summed E-state index contributed by atoms with van der Waals surface area (Å²) in [6, 6.07) is 7.07. The summed E-state index contributed by atoms with van der Waals surface area (Å²) in [6.45, 7) is 2.28. The van der Waals surface area contributed by atoms with E-state index in [2.05, 4.69) is 17.6 Å². The number of unbranched alkanes of at least 4 members (excludes halogenated alkanes) is 18. The van der Waals surface area contributed by atoms with E-state index in [4.69, 9.17) is 0 Å². The smallest absolute Gasteiger partial charge is 0.251 e. The molecule has 0 unspecified atom stereocenters. The van der Waals surface area contributed by atoms with Crippen molar-refractivity contribution in [3.63, 3.8) is 0 Å². The molecule has 194 valence electrons. The molecule has 4 nitrogen and oxygen atoms in total. The zero-order chi connectivity index (χ0) is 24.7. The molecule has 1 rings (SSSR count). The Kier molecular flexibility index (Phi) is 19.2. The van der Waals surface area contributed by atoms with Crippen molar-refractivity contribution in [3.8, 4) is 0 Å². The van der Waals surface area contributed by atoms with Crippen LogP contribution in [0.3, 0.4) is 0 Å². The van der Waals surface area contributed by atoms with Crippen LogP contribution in [0, 0.1) is 0 Å². The molecule has 2 amide bonds. The number of anilines is 1. The van der Waals surface area contributed by atoms with Gasteiger partial charge >= 0.3 is 0 Å². The summed E-state index contributed by atoms with van der Waals surface area (Å²) >= 11 is 0. The van der Waals surface area contributed by atoms with Gasteiger partial charge in [-0.25, -0.2) is 0 Å². The van der Waals surface area contributed by atoms with E-state index in [0.29, 0.717) is 17.7 Å². The molecule has 0 radical (unpaired) electrons. The molecule has 0 bridgehead atoms. The van der Waals surface area contributed by atoms with Gasteiger partial charge in [0, 0.05) is 24.7 Å². The summed E-state index contributed by atoms with van der Waals surface area (Å²) in [6.07, 6.45) is 26.3. The molecule has 0 heterocycles. The minimum Gasteiger partial charge on any atom is -0.355 e. The zero-order valence-corrected chi connectivity index (χ0v) is 22.3. The molecule has 0 aromatic heterocycles. The van der Waals surface area contributed by atoms with Crippen LogP contribution in [0.25, 0.3) is 0 Å². The van der Waals surface area contributed by atoms with Gasteiger partial charge in [-0.1, -0.05) is 129 Å². The van der Waals surface area contributed by atoms with Crippen molar-refractivity contribution in [3.05, 3.63) is 29.8 Å². The second kappa shape index (κ2) is 21.7. The monoisotopic (exact) mass is 472 g/mol. The average Bonchev–Trinajstić information content (AvgIpc) is 2.85. The first kappa shape index (κ1) is 30.2. The van der Waals surface area contributed by atoms with E-state index in [1.807, 2.05) is 6.07 Å². The van der Waals surface area contributed by atoms with Crippen molar-refractivity contribution in [2.75, 3.05) is 12.4 Å². The molecule has 0 spiro atoms. The van der Waals surface area contributed by atoms with Crippen molar-refractivity contribution in [1.29, 1.82) is 0 Å². The van der Waals surface area contributed by atoms with E-state index in [0.717, 1.165) is 12.8 Å². The maximum absolute atomic E-state index is 12.1. The van der Waals surface area contributed by atoms with Gasteiger partial charge in [-0.05, 0) is 24.6 Å². The van der Waals surface area contributed by atoms with E-state index >= 15 is 0 Å².